The summed E-state index contributed by atoms with van der Waals surface area (Å²) in [6, 6.07) is 10.5. The fourth-order valence-electron chi connectivity index (χ4n) is 8.46. The van der Waals surface area contributed by atoms with Crippen molar-refractivity contribution in [2.24, 2.45) is 23.7 Å². The zero-order chi connectivity index (χ0) is 24.9. The van der Waals surface area contributed by atoms with Crippen molar-refractivity contribution in [2.45, 2.75) is 108 Å². The lowest BCUT2D eigenvalue weighted by Gasteiger charge is -2.61. The van der Waals surface area contributed by atoms with Crippen LogP contribution in [-0.4, -0.2) is 58.7 Å². The second-order valence-electron chi connectivity index (χ2n) is 12.6. The molecule has 2 aliphatic carbocycles. The Bertz CT molecular complexity index is 989. The van der Waals surface area contributed by atoms with Gasteiger partial charge in [-0.25, -0.2) is 9.78 Å². The molecule has 0 unspecified atom stereocenters. The van der Waals surface area contributed by atoms with Crippen LogP contribution in [0.1, 0.15) is 77.7 Å². The monoisotopic (exact) mass is 493 g/mol. The Kier molecular flexibility index (Phi) is 6.72. The van der Waals surface area contributed by atoms with E-state index >= 15 is 0 Å². The largest absolute Gasteiger partial charge is 0.395 e. The number of likely N-dealkylation sites (tertiary alicyclic amines) is 1. The maximum Gasteiger partial charge on any atom is 0.136 e. The van der Waals surface area contributed by atoms with Gasteiger partial charge in [-0.15, -0.1) is 0 Å². The highest BCUT2D eigenvalue weighted by Crippen LogP contribution is 2.61. The normalized spacial score (nSPS) is 44.8. The molecular formula is C31H43NO4. The van der Waals surface area contributed by atoms with Gasteiger partial charge in [-0.2, -0.15) is 0 Å². The van der Waals surface area contributed by atoms with Gasteiger partial charge in [-0.05, 0) is 87.8 Å². The molecule has 6 aliphatic rings. The Balaban J connectivity index is 1.30. The summed E-state index contributed by atoms with van der Waals surface area (Å²) >= 11 is 0. The molecule has 1 N–H and O–H groups in total. The Morgan fingerprint density at radius 3 is 2.72 bits per heavy atom. The zero-order valence-corrected chi connectivity index (χ0v) is 22.2. The van der Waals surface area contributed by atoms with Crippen LogP contribution in [0.15, 0.2) is 30.3 Å². The molecule has 36 heavy (non-hydrogen) atoms. The van der Waals surface area contributed by atoms with Gasteiger partial charge in [-0.1, -0.05) is 43.9 Å². The first kappa shape index (κ1) is 24.9. The molecule has 1 spiro atoms. The van der Waals surface area contributed by atoms with Gasteiger partial charge < -0.3 is 9.84 Å². The summed E-state index contributed by atoms with van der Waals surface area (Å²) in [4.78, 5) is 15.1. The summed E-state index contributed by atoms with van der Waals surface area (Å²) in [7, 11) is 0. The van der Waals surface area contributed by atoms with Crippen molar-refractivity contribution in [1.82, 2.24) is 4.90 Å². The fraction of sp³-hybridized carbons (Fsp3) is 0.742. The minimum absolute atomic E-state index is 0.0698. The Hall–Kier alpha value is -1.42. The van der Waals surface area contributed by atoms with Crippen molar-refractivity contribution in [3.05, 3.63) is 35.9 Å². The molecule has 1 aromatic rings. The molecule has 10 atom stereocenters. The van der Waals surface area contributed by atoms with Crippen LogP contribution < -0.4 is 0 Å². The fourth-order valence-corrected chi connectivity index (χ4v) is 8.46. The molecule has 4 aliphatic heterocycles. The number of aliphatic hydroxyl groups excluding tert-OH is 1. The van der Waals surface area contributed by atoms with E-state index < -0.39 is 0 Å². The highest BCUT2D eigenvalue weighted by Gasteiger charge is 2.68. The molecule has 2 bridgehead atoms. The summed E-state index contributed by atoms with van der Waals surface area (Å²) < 4.78 is 7.11. The standard InChI is InChI=1S/C31H43NO4/c1-21-11-14-27-22(2)28(34-29-19-30(3)16-15-26(21)31(27,29)36-35-30)18-24(32-17-7-10-25(32)20-33)13-12-23-8-5-4-6-9-23/h4-6,8-9,21-22,24-29,33H,7,10-11,14-20H2,1-3H3/t21-,22-,24+,25+,26+,27+,28-,29-,30+,31-/m1/s1. The average Bonchev–Trinajstić information content (AvgIpc) is 3.25. The van der Waals surface area contributed by atoms with E-state index in [-0.39, 0.29) is 42.1 Å². The molecule has 6 fully saturated rings. The summed E-state index contributed by atoms with van der Waals surface area (Å²) in [6.07, 6.45) is 8.81. The molecule has 7 rings (SSSR count). The topological polar surface area (TPSA) is 51.2 Å². The van der Waals surface area contributed by atoms with Crippen LogP contribution in [0.2, 0.25) is 0 Å². The van der Waals surface area contributed by atoms with E-state index in [1.165, 1.54) is 19.3 Å². The number of nitrogens with zero attached hydrogens (tertiary/aromatic N) is 1. The van der Waals surface area contributed by atoms with Gasteiger partial charge in [0, 0.05) is 24.4 Å². The average molecular weight is 494 g/mol. The summed E-state index contributed by atoms with van der Waals surface area (Å²) in [5.41, 5.74) is 0.477. The molecule has 2 saturated carbocycles. The third-order valence-electron chi connectivity index (χ3n) is 10.5. The summed E-state index contributed by atoms with van der Waals surface area (Å²) in [5.74, 6) is 9.03. The van der Waals surface area contributed by atoms with Crippen molar-refractivity contribution < 1.29 is 19.6 Å². The number of fused-ring (bicyclic) bond motifs is 2. The Morgan fingerprint density at radius 2 is 1.92 bits per heavy atom. The van der Waals surface area contributed by atoms with Gasteiger partial charge in [0.05, 0.1) is 24.9 Å². The van der Waals surface area contributed by atoms with Gasteiger partial charge in [0.25, 0.3) is 0 Å². The SMILES string of the molecule is C[C@H]1[C@@H](C[C@H](C#Cc2ccccc2)N2CCC[C@H]2CO)O[C@@H]2C[C@]3(C)CC[C@H]4[C@H](C)CC[C@@H]1[C@@]24OO3. The Labute approximate surface area is 216 Å². The molecular weight excluding hydrogens is 450 g/mol. The molecule has 1 aromatic carbocycles. The van der Waals surface area contributed by atoms with Gasteiger partial charge in [0.1, 0.15) is 11.2 Å². The first-order valence-electron chi connectivity index (χ1n) is 14.4. The molecule has 5 heteroatoms. The number of hydrogen-bond acceptors (Lipinski definition) is 5. The van der Waals surface area contributed by atoms with Crippen molar-refractivity contribution in [1.29, 1.82) is 0 Å². The van der Waals surface area contributed by atoms with Crippen molar-refractivity contribution >= 4 is 0 Å². The van der Waals surface area contributed by atoms with E-state index in [1.807, 2.05) is 18.2 Å². The van der Waals surface area contributed by atoms with Crippen LogP contribution >= 0.6 is 0 Å². The third kappa shape index (κ3) is 4.14. The summed E-state index contributed by atoms with van der Waals surface area (Å²) in [6.45, 7) is 8.18. The van der Waals surface area contributed by atoms with Crippen LogP contribution in [0, 0.1) is 35.5 Å². The van der Waals surface area contributed by atoms with Crippen LogP contribution in [0.4, 0.5) is 0 Å². The first-order chi connectivity index (χ1) is 17.4. The zero-order valence-electron chi connectivity index (χ0n) is 22.2. The van der Waals surface area contributed by atoms with Crippen LogP contribution in [0.5, 0.6) is 0 Å². The lowest BCUT2D eigenvalue weighted by atomic mass is 9.55. The second kappa shape index (κ2) is 9.71. The molecule has 196 valence electrons. The highest BCUT2D eigenvalue weighted by molar-refractivity contribution is 5.35. The number of rotatable bonds is 4. The van der Waals surface area contributed by atoms with Crippen molar-refractivity contribution in [2.75, 3.05) is 13.2 Å². The second-order valence-corrected chi connectivity index (χ2v) is 12.6. The van der Waals surface area contributed by atoms with Gasteiger partial charge >= 0.3 is 0 Å². The minimum atomic E-state index is -0.309. The third-order valence-corrected chi connectivity index (χ3v) is 10.5. The van der Waals surface area contributed by atoms with Crippen LogP contribution in [0.3, 0.4) is 0 Å². The molecule has 4 saturated heterocycles. The maximum atomic E-state index is 10.1. The number of hydrogen-bond donors (Lipinski definition) is 1. The molecule has 4 heterocycles. The number of aliphatic hydroxyl groups is 1. The van der Waals surface area contributed by atoms with Gasteiger partial charge in [-0.3, -0.25) is 4.90 Å². The number of ether oxygens (including phenoxy) is 1. The minimum Gasteiger partial charge on any atom is -0.395 e. The molecule has 5 nitrogen and oxygen atoms in total. The predicted molar refractivity (Wildman–Crippen MR) is 139 cm³/mol. The predicted octanol–water partition coefficient (Wildman–Crippen LogP) is 4.96. The van der Waals surface area contributed by atoms with E-state index in [4.69, 9.17) is 14.5 Å². The lowest BCUT2D eigenvalue weighted by Crippen LogP contribution is -2.69. The first-order valence-corrected chi connectivity index (χ1v) is 14.4. The van der Waals surface area contributed by atoms with E-state index in [9.17, 15) is 5.11 Å². The highest BCUT2D eigenvalue weighted by atomic mass is 17.2. The van der Waals surface area contributed by atoms with E-state index in [0.717, 1.165) is 44.2 Å². The van der Waals surface area contributed by atoms with E-state index in [2.05, 4.69) is 49.6 Å². The quantitative estimate of drug-likeness (QED) is 0.475. The molecule has 0 aromatic heterocycles. The van der Waals surface area contributed by atoms with Gasteiger partial charge in [0.15, 0.2) is 0 Å². The number of benzene rings is 1. The molecule has 0 radical (unpaired) electrons. The maximum absolute atomic E-state index is 10.1. The van der Waals surface area contributed by atoms with Crippen molar-refractivity contribution in [3.8, 4) is 11.8 Å². The smallest absolute Gasteiger partial charge is 0.136 e. The van der Waals surface area contributed by atoms with E-state index in [0.29, 0.717) is 23.7 Å². The van der Waals surface area contributed by atoms with Crippen LogP contribution in [-0.2, 0) is 14.5 Å². The Morgan fingerprint density at radius 1 is 1.08 bits per heavy atom. The summed E-state index contributed by atoms with van der Waals surface area (Å²) in [5, 5.41) is 10.1. The van der Waals surface area contributed by atoms with Crippen molar-refractivity contribution in [3.63, 3.8) is 0 Å². The van der Waals surface area contributed by atoms with Crippen LogP contribution in [0.25, 0.3) is 0 Å². The van der Waals surface area contributed by atoms with E-state index in [1.54, 1.807) is 0 Å². The molecule has 0 amide bonds. The van der Waals surface area contributed by atoms with Gasteiger partial charge in [0.2, 0.25) is 0 Å². The lowest BCUT2D eigenvalue weighted by molar-refractivity contribution is -0.487.